The van der Waals surface area contributed by atoms with Gasteiger partial charge in [0.1, 0.15) is 6.61 Å². The van der Waals surface area contributed by atoms with E-state index in [0.717, 1.165) is 6.42 Å². The molecular formula is C10H19NO4. The predicted molar refractivity (Wildman–Crippen MR) is 55.4 cm³/mol. The topological polar surface area (TPSA) is 64.6 Å². The third-order valence-corrected chi connectivity index (χ3v) is 1.57. The second-order valence-corrected chi connectivity index (χ2v) is 3.39. The van der Waals surface area contributed by atoms with Crippen LogP contribution in [0, 0.1) is 5.92 Å². The highest BCUT2D eigenvalue weighted by Crippen LogP contribution is 1.90. The highest BCUT2D eigenvalue weighted by atomic mass is 16.7. The van der Waals surface area contributed by atoms with Crippen LogP contribution in [0.3, 0.4) is 0 Å². The van der Waals surface area contributed by atoms with Gasteiger partial charge in [0.05, 0.1) is 13.2 Å². The minimum absolute atomic E-state index is 0.0551. The van der Waals surface area contributed by atoms with Gasteiger partial charge < -0.3 is 14.8 Å². The highest BCUT2D eigenvalue weighted by molar-refractivity contribution is 5.77. The van der Waals surface area contributed by atoms with Crippen molar-refractivity contribution in [3.8, 4) is 0 Å². The molecule has 0 aliphatic carbocycles. The van der Waals surface area contributed by atoms with Gasteiger partial charge in [0.2, 0.25) is 5.91 Å². The molecule has 15 heavy (non-hydrogen) atoms. The average molecular weight is 217 g/mol. The molecule has 0 radical (unpaired) electrons. The smallest absolute Gasteiger partial charge is 0.434 e. The van der Waals surface area contributed by atoms with Crippen molar-refractivity contribution in [1.82, 2.24) is 5.32 Å². The van der Waals surface area contributed by atoms with Crippen LogP contribution in [0.2, 0.25) is 0 Å². The lowest BCUT2D eigenvalue weighted by atomic mass is 10.2. The Morgan fingerprint density at radius 1 is 1.20 bits per heavy atom. The van der Waals surface area contributed by atoms with E-state index in [4.69, 9.17) is 4.74 Å². The molecule has 0 aromatic rings. The minimum Gasteiger partial charge on any atom is -0.434 e. The molecule has 5 nitrogen and oxygen atoms in total. The number of carbonyl (C=O) groups is 2. The summed E-state index contributed by atoms with van der Waals surface area (Å²) in [7, 11) is 0. The number of nitrogens with one attached hydrogen (secondary N) is 1. The molecule has 1 N–H and O–H groups in total. The maximum Gasteiger partial charge on any atom is 0.508 e. The molecule has 0 saturated carbocycles. The molecule has 0 rings (SSSR count). The van der Waals surface area contributed by atoms with Crippen LogP contribution in [0.4, 0.5) is 4.79 Å². The summed E-state index contributed by atoms with van der Waals surface area (Å²) < 4.78 is 9.37. The Balaban J connectivity index is 3.38. The van der Waals surface area contributed by atoms with Gasteiger partial charge in [-0.2, -0.15) is 0 Å². The Labute approximate surface area is 90.1 Å². The van der Waals surface area contributed by atoms with Crippen molar-refractivity contribution in [3.63, 3.8) is 0 Å². The molecule has 0 aromatic carbocycles. The molecule has 0 unspecified atom stereocenters. The lowest BCUT2D eigenvalue weighted by Gasteiger charge is -2.08. The number of hydrogen-bond acceptors (Lipinski definition) is 4. The second kappa shape index (κ2) is 8.08. The van der Waals surface area contributed by atoms with Crippen LogP contribution in [0.5, 0.6) is 0 Å². The summed E-state index contributed by atoms with van der Waals surface area (Å²) in [4.78, 5) is 21.9. The summed E-state index contributed by atoms with van der Waals surface area (Å²) in [6, 6.07) is 0. The second-order valence-electron chi connectivity index (χ2n) is 3.39. The molecule has 0 aliphatic heterocycles. The van der Waals surface area contributed by atoms with Crippen LogP contribution >= 0.6 is 0 Å². The first-order valence-electron chi connectivity index (χ1n) is 5.15. The standard InChI is InChI=1S/C10H19NO4/c1-4-6-14-10(13)15-7-5-11-9(12)8(2)3/h8H,4-7H2,1-3H3,(H,11,12). The predicted octanol–water partition coefficient (Wildman–Crippen LogP) is 1.32. The van der Waals surface area contributed by atoms with Gasteiger partial charge >= 0.3 is 6.16 Å². The fourth-order valence-electron chi connectivity index (χ4n) is 0.740. The molecule has 88 valence electrons. The first kappa shape index (κ1) is 13.7. The molecule has 0 atom stereocenters. The van der Waals surface area contributed by atoms with Crippen LogP contribution in [-0.2, 0) is 14.3 Å². The van der Waals surface area contributed by atoms with Gasteiger partial charge in [-0.05, 0) is 6.42 Å². The normalized spacial score (nSPS) is 9.87. The average Bonchev–Trinajstić information content (AvgIpc) is 2.20. The SMILES string of the molecule is CCCOC(=O)OCCNC(=O)C(C)C. The summed E-state index contributed by atoms with van der Waals surface area (Å²) in [5.41, 5.74) is 0. The monoisotopic (exact) mass is 217 g/mol. The Morgan fingerprint density at radius 3 is 2.33 bits per heavy atom. The van der Waals surface area contributed by atoms with Crippen molar-refractivity contribution < 1.29 is 19.1 Å². The zero-order chi connectivity index (χ0) is 11.7. The maximum atomic E-state index is 11.1. The Hall–Kier alpha value is -1.26. The van der Waals surface area contributed by atoms with E-state index in [9.17, 15) is 9.59 Å². The number of ether oxygens (including phenoxy) is 2. The van der Waals surface area contributed by atoms with E-state index >= 15 is 0 Å². The third kappa shape index (κ3) is 7.78. The van der Waals surface area contributed by atoms with Gasteiger partial charge in [-0.15, -0.1) is 0 Å². The van der Waals surface area contributed by atoms with Gasteiger partial charge in [-0.3, -0.25) is 4.79 Å². The summed E-state index contributed by atoms with van der Waals surface area (Å²) >= 11 is 0. The van der Waals surface area contributed by atoms with Crippen LogP contribution in [0.25, 0.3) is 0 Å². The largest absolute Gasteiger partial charge is 0.508 e. The fourth-order valence-corrected chi connectivity index (χ4v) is 0.740. The van der Waals surface area contributed by atoms with Crippen molar-refractivity contribution >= 4 is 12.1 Å². The van der Waals surface area contributed by atoms with E-state index < -0.39 is 6.16 Å². The molecule has 5 heteroatoms. The van der Waals surface area contributed by atoms with Crippen molar-refractivity contribution in [2.24, 2.45) is 5.92 Å². The molecule has 0 aliphatic rings. The van der Waals surface area contributed by atoms with E-state index in [1.165, 1.54) is 0 Å². The Bertz CT molecular complexity index is 204. The molecule has 0 bridgehead atoms. The number of hydrogen-bond donors (Lipinski definition) is 1. The number of rotatable bonds is 6. The summed E-state index contributed by atoms with van der Waals surface area (Å²) in [6.07, 6.45) is 0.0785. The third-order valence-electron chi connectivity index (χ3n) is 1.57. The van der Waals surface area contributed by atoms with Gasteiger partial charge in [0, 0.05) is 5.92 Å². The molecule has 0 heterocycles. The summed E-state index contributed by atoms with van der Waals surface area (Å²) in [6.45, 7) is 6.31. The van der Waals surface area contributed by atoms with Crippen molar-refractivity contribution in [3.05, 3.63) is 0 Å². The van der Waals surface area contributed by atoms with Crippen LogP contribution in [0.1, 0.15) is 27.2 Å². The van der Waals surface area contributed by atoms with E-state index in [1.54, 1.807) is 13.8 Å². The highest BCUT2D eigenvalue weighted by Gasteiger charge is 2.06. The Kier molecular flexibility index (Phi) is 7.40. The molecular weight excluding hydrogens is 198 g/mol. The minimum atomic E-state index is -0.685. The molecule has 1 amide bonds. The Morgan fingerprint density at radius 2 is 1.80 bits per heavy atom. The molecule has 0 saturated heterocycles. The van der Waals surface area contributed by atoms with Crippen LogP contribution < -0.4 is 5.32 Å². The lowest BCUT2D eigenvalue weighted by Crippen LogP contribution is -2.31. The van der Waals surface area contributed by atoms with Crippen LogP contribution in [-0.4, -0.2) is 31.8 Å². The molecule has 0 fully saturated rings. The first-order chi connectivity index (χ1) is 7.07. The number of carbonyl (C=O) groups excluding carboxylic acids is 2. The maximum absolute atomic E-state index is 11.1. The number of amides is 1. The van der Waals surface area contributed by atoms with Crippen molar-refractivity contribution in [1.29, 1.82) is 0 Å². The quantitative estimate of drug-likeness (QED) is 0.538. The van der Waals surface area contributed by atoms with Gasteiger partial charge in [-0.1, -0.05) is 20.8 Å². The summed E-state index contributed by atoms with van der Waals surface area (Å²) in [5, 5.41) is 2.62. The van der Waals surface area contributed by atoms with Gasteiger partial charge in [-0.25, -0.2) is 4.79 Å². The van der Waals surface area contributed by atoms with Gasteiger partial charge in [0.15, 0.2) is 0 Å². The van der Waals surface area contributed by atoms with Gasteiger partial charge in [0.25, 0.3) is 0 Å². The zero-order valence-corrected chi connectivity index (χ0v) is 9.54. The van der Waals surface area contributed by atoms with Crippen molar-refractivity contribution in [2.45, 2.75) is 27.2 Å². The summed E-state index contributed by atoms with van der Waals surface area (Å²) in [5.74, 6) is -0.113. The van der Waals surface area contributed by atoms with Crippen LogP contribution in [0.15, 0.2) is 0 Å². The van der Waals surface area contributed by atoms with E-state index in [-0.39, 0.29) is 18.4 Å². The lowest BCUT2D eigenvalue weighted by molar-refractivity contribution is -0.124. The molecule has 0 aromatic heterocycles. The van der Waals surface area contributed by atoms with Crippen molar-refractivity contribution in [2.75, 3.05) is 19.8 Å². The van der Waals surface area contributed by atoms with E-state index in [1.807, 2.05) is 6.92 Å². The fraction of sp³-hybridized carbons (Fsp3) is 0.800. The van der Waals surface area contributed by atoms with E-state index in [2.05, 4.69) is 10.1 Å². The van der Waals surface area contributed by atoms with E-state index in [0.29, 0.717) is 13.2 Å². The molecule has 0 spiro atoms. The zero-order valence-electron chi connectivity index (χ0n) is 9.54. The first-order valence-corrected chi connectivity index (χ1v) is 5.15.